The van der Waals surface area contributed by atoms with Gasteiger partial charge in [0.15, 0.2) is 0 Å². The molecule has 2 heteroatoms. The summed E-state index contributed by atoms with van der Waals surface area (Å²) >= 11 is 0. The maximum atomic E-state index is 11.3. The fourth-order valence-corrected chi connectivity index (χ4v) is 3.10. The van der Waals surface area contributed by atoms with E-state index >= 15 is 0 Å². The largest absolute Gasteiger partial charge is 0.493 e. The van der Waals surface area contributed by atoms with Crippen LogP contribution in [0.25, 0.3) is 0 Å². The highest BCUT2D eigenvalue weighted by atomic mass is 16.5. The molecule has 84 valence electrons. The number of aryl methyl sites for hydroxylation is 1. The van der Waals surface area contributed by atoms with E-state index in [4.69, 9.17) is 4.74 Å². The monoisotopic (exact) mass is 216 g/mol. The van der Waals surface area contributed by atoms with Crippen molar-refractivity contribution >= 4 is 5.78 Å². The number of hydrogen-bond acceptors (Lipinski definition) is 2. The van der Waals surface area contributed by atoms with Crippen LogP contribution in [0.5, 0.6) is 5.75 Å². The first kappa shape index (κ1) is 9.88. The van der Waals surface area contributed by atoms with E-state index in [-0.39, 0.29) is 0 Å². The van der Waals surface area contributed by atoms with Crippen LogP contribution in [0.15, 0.2) is 12.1 Å². The standard InChI is InChI=1S/C14H16O2/c1-9(15)8-11-3-2-10-4-5-13-12(14(10)11)6-7-16-13/h4-5,11H,2-3,6-8H2,1H3. The molecule has 2 aliphatic rings. The summed E-state index contributed by atoms with van der Waals surface area (Å²) < 4.78 is 5.59. The molecule has 1 atom stereocenters. The number of carbonyl (C=O) groups excluding carboxylic acids is 1. The Kier molecular flexibility index (Phi) is 2.23. The Hall–Kier alpha value is -1.31. The SMILES string of the molecule is CC(=O)CC1CCc2ccc3c(c21)CCO3. The molecule has 1 aliphatic carbocycles. The van der Waals surface area contributed by atoms with Gasteiger partial charge < -0.3 is 9.53 Å². The smallest absolute Gasteiger partial charge is 0.130 e. The van der Waals surface area contributed by atoms with Crippen molar-refractivity contribution in [2.75, 3.05) is 6.61 Å². The van der Waals surface area contributed by atoms with Gasteiger partial charge in [0.2, 0.25) is 0 Å². The summed E-state index contributed by atoms with van der Waals surface area (Å²) in [7, 11) is 0. The van der Waals surface area contributed by atoms with Crippen molar-refractivity contribution in [3.63, 3.8) is 0 Å². The number of ether oxygens (including phenoxy) is 1. The topological polar surface area (TPSA) is 26.3 Å². The molecule has 0 saturated carbocycles. The number of Topliss-reactive ketones (excluding diaryl/α,β-unsaturated/α-hetero) is 1. The third kappa shape index (κ3) is 1.44. The first-order chi connectivity index (χ1) is 7.75. The van der Waals surface area contributed by atoms with E-state index in [2.05, 4.69) is 12.1 Å². The molecule has 1 aromatic carbocycles. The Morgan fingerprint density at radius 3 is 3.12 bits per heavy atom. The molecule has 0 spiro atoms. The maximum Gasteiger partial charge on any atom is 0.130 e. The molecule has 0 N–H and O–H groups in total. The molecule has 0 bridgehead atoms. The summed E-state index contributed by atoms with van der Waals surface area (Å²) in [5.74, 6) is 1.80. The highest BCUT2D eigenvalue weighted by molar-refractivity contribution is 5.77. The molecule has 0 amide bonds. The van der Waals surface area contributed by atoms with E-state index in [9.17, 15) is 4.79 Å². The van der Waals surface area contributed by atoms with E-state index in [1.54, 1.807) is 6.92 Å². The van der Waals surface area contributed by atoms with Crippen LogP contribution in [-0.4, -0.2) is 12.4 Å². The fourth-order valence-electron chi connectivity index (χ4n) is 3.10. The van der Waals surface area contributed by atoms with Crippen LogP contribution < -0.4 is 4.74 Å². The molecule has 2 nitrogen and oxygen atoms in total. The zero-order valence-corrected chi connectivity index (χ0v) is 9.58. The Labute approximate surface area is 95.6 Å². The van der Waals surface area contributed by atoms with E-state index in [1.807, 2.05) is 0 Å². The van der Waals surface area contributed by atoms with Gasteiger partial charge in [-0.1, -0.05) is 6.07 Å². The summed E-state index contributed by atoms with van der Waals surface area (Å²) in [6, 6.07) is 4.27. The predicted molar refractivity (Wildman–Crippen MR) is 62.0 cm³/mol. The van der Waals surface area contributed by atoms with Crippen LogP contribution in [0.3, 0.4) is 0 Å². The molecule has 3 rings (SSSR count). The lowest BCUT2D eigenvalue weighted by atomic mass is 9.91. The zero-order chi connectivity index (χ0) is 11.1. The van der Waals surface area contributed by atoms with E-state index in [1.165, 1.54) is 16.7 Å². The van der Waals surface area contributed by atoms with Crippen molar-refractivity contribution in [2.24, 2.45) is 0 Å². The fraction of sp³-hybridized carbons (Fsp3) is 0.500. The minimum absolute atomic E-state index is 0.300. The quantitative estimate of drug-likeness (QED) is 0.759. The number of benzene rings is 1. The molecule has 1 heterocycles. The average Bonchev–Trinajstić information content (AvgIpc) is 2.82. The lowest BCUT2D eigenvalue weighted by Crippen LogP contribution is -2.03. The molecule has 0 fully saturated rings. The molecule has 0 radical (unpaired) electrons. The Morgan fingerprint density at radius 1 is 1.44 bits per heavy atom. The van der Waals surface area contributed by atoms with Crippen molar-refractivity contribution in [2.45, 2.75) is 38.5 Å². The van der Waals surface area contributed by atoms with Crippen molar-refractivity contribution in [3.05, 3.63) is 28.8 Å². The highest BCUT2D eigenvalue weighted by Gasteiger charge is 2.29. The second-order valence-electron chi connectivity index (χ2n) is 4.86. The average molecular weight is 216 g/mol. The van der Waals surface area contributed by atoms with Gasteiger partial charge in [0, 0.05) is 18.4 Å². The number of hydrogen-bond donors (Lipinski definition) is 0. The third-order valence-corrected chi connectivity index (χ3v) is 3.72. The van der Waals surface area contributed by atoms with Crippen LogP contribution in [-0.2, 0) is 17.6 Å². The van der Waals surface area contributed by atoms with E-state index in [0.29, 0.717) is 18.1 Å². The lowest BCUT2D eigenvalue weighted by molar-refractivity contribution is -0.117. The Balaban J connectivity index is 2.03. The van der Waals surface area contributed by atoms with Gasteiger partial charge in [0.25, 0.3) is 0 Å². The van der Waals surface area contributed by atoms with Gasteiger partial charge in [0.1, 0.15) is 11.5 Å². The Morgan fingerprint density at radius 2 is 2.31 bits per heavy atom. The Bertz CT molecular complexity index is 448. The van der Waals surface area contributed by atoms with Crippen LogP contribution in [0.2, 0.25) is 0 Å². The van der Waals surface area contributed by atoms with Crippen molar-refractivity contribution in [3.8, 4) is 5.75 Å². The van der Waals surface area contributed by atoms with Gasteiger partial charge in [-0.05, 0) is 42.9 Å². The highest BCUT2D eigenvalue weighted by Crippen LogP contribution is 2.43. The van der Waals surface area contributed by atoms with E-state index < -0.39 is 0 Å². The summed E-state index contributed by atoms with van der Waals surface area (Å²) in [4.78, 5) is 11.3. The van der Waals surface area contributed by atoms with Gasteiger partial charge >= 0.3 is 0 Å². The van der Waals surface area contributed by atoms with Crippen molar-refractivity contribution < 1.29 is 9.53 Å². The minimum Gasteiger partial charge on any atom is -0.493 e. The van der Waals surface area contributed by atoms with Crippen LogP contribution >= 0.6 is 0 Å². The van der Waals surface area contributed by atoms with E-state index in [0.717, 1.165) is 31.6 Å². The van der Waals surface area contributed by atoms with Gasteiger partial charge in [-0.3, -0.25) is 0 Å². The van der Waals surface area contributed by atoms with Crippen LogP contribution in [0, 0.1) is 0 Å². The number of fused-ring (bicyclic) bond motifs is 3. The lowest BCUT2D eigenvalue weighted by Gasteiger charge is -2.13. The normalized spacial score (nSPS) is 21.4. The number of carbonyl (C=O) groups is 1. The molecule has 1 aliphatic heterocycles. The second kappa shape index (κ2) is 3.62. The molecular weight excluding hydrogens is 200 g/mol. The molecule has 1 unspecified atom stereocenters. The van der Waals surface area contributed by atoms with Crippen molar-refractivity contribution in [1.82, 2.24) is 0 Å². The molecule has 0 aromatic heterocycles. The third-order valence-electron chi connectivity index (χ3n) is 3.72. The summed E-state index contributed by atoms with van der Waals surface area (Å²) in [6.45, 7) is 2.50. The van der Waals surface area contributed by atoms with Crippen LogP contribution in [0.4, 0.5) is 0 Å². The number of ketones is 1. The van der Waals surface area contributed by atoms with Gasteiger partial charge in [-0.25, -0.2) is 0 Å². The summed E-state index contributed by atoms with van der Waals surface area (Å²) in [5, 5.41) is 0. The van der Waals surface area contributed by atoms with Crippen molar-refractivity contribution in [1.29, 1.82) is 0 Å². The number of rotatable bonds is 2. The van der Waals surface area contributed by atoms with Gasteiger partial charge in [-0.15, -0.1) is 0 Å². The second-order valence-corrected chi connectivity index (χ2v) is 4.86. The van der Waals surface area contributed by atoms with Gasteiger partial charge in [-0.2, -0.15) is 0 Å². The molecular formula is C14H16O2. The summed E-state index contributed by atoms with van der Waals surface area (Å²) in [5.41, 5.74) is 4.25. The predicted octanol–water partition coefficient (Wildman–Crippen LogP) is 2.63. The molecule has 0 saturated heterocycles. The molecule has 16 heavy (non-hydrogen) atoms. The van der Waals surface area contributed by atoms with Gasteiger partial charge in [0.05, 0.1) is 6.61 Å². The molecule has 1 aromatic rings. The minimum atomic E-state index is 0.300. The first-order valence-electron chi connectivity index (χ1n) is 6.02. The first-order valence-corrected chi connectivity index (χ1v) is 6.02. The summed E-state index contributed by atoms with van der Waals surface area (Å²) in [6.07, 6.45) is 3.97. The van der Waals surface area contributed by atoms with Crippen LogP contribution in [0.1, 0.15) is 42.4 Å². The zero-order valence-electron chi connectivity index (χ0n) is 9.58. The maximum absolute atomic E-state index is 11.3.